The molecule has 0 bridgehead atoms. The van der Waals surface area contributed by atoms with Crippen LogP contribution in [0.25, 0.3) is 0 Å². The molecule has 0 amide bonds. The Morgan fingerprint density at radius 3 is 2.35 bits per heavy atom. The molecule has 1 aromatic carbocycles. The minimum atomic E-state index is 0.812. The summed E-state index contributed by atoms with van der Waals surface area (Å²) in [5.41, 5.74) is 2.82. The molecule has 0 aliphatic heterocycles. The molecule has 0 radical (unpaired) electrons. The summed E-state index contributed by atoms with van der Waals surface area (Å²) in [7, 11) is 4.10. The summed E-state index contributed by atoms with van der Waals surface area (Å²) in [6, 6.07) is 9.14. The Hall–Kier alpha value is -1.02. The maximum atomic E-state index is 3.17. The van der Waals surface area contributed by atoms with Crippen LogP contribution in [-0.4, -0.2) is 20.8 Å². The summed E-state index contributed by atoms with van der Waals surface area (Å²) in [5.74, 6) is 0.812. The lowest BCUT2D eigenvalue weighted by Crippen LogP contribution is -2.28. The van der Waals surface area contributed by atoms with E-state index in [0.29, 0.717) is 0 Å². The van der Waals surface area contributed by atoms with Crippen molar-refractivity contribution >= 4 is 5.69 Å². The summed E-state index contributed by atoms with van der Waals surface area (Å²) in [4.78, 5) is 2.23. The molecule has 94 valence electrons. The third kappa shape index (κ3) is 3.22. The summed E-state index contributed by atoms with van der Waals surface area (Å²) < 4.78 is 0. The second kappa shape index (κ2) is 6.06. The van der Waals surface area contributed by atoms with Crippen molar-refractivity contribution in [2.45, 2.75) is 38.0 Å². The van der Waals surface area contributed by atoms with Crippen molar-refractivity contribution in [1.29, 1.82) is 0 Å². The van der Waals surface area contributed by atoms with Crippen LogP contribution in [-0.2, 0) is 0 Å². The van der Waals surface area contributed by atoms with Gasteiger partial charge in [-0.25, -0.2) is 0 Å². The number of nitrogens with one attached hydrogen (secondary N) is 1. The first-order valence-electron chi connectivity index (χ1n) is 6.77. The molecule has 0 unspecified atom stereocenters. The van der Waals surface area contributed by atoms with Crippen molar-refractivity contribution < 1.29 is 0 Å². The molecule has 1 N–H and O–H groups in total. The van der Waals surface area contributed by atoms with Crippen LogP contribution >= 0.6 is 0 Å². The molecule has 2 heteroatoms. The van der Waals surface area contributed by atoms with Crippen LogP contribution in [0.15, 0.2) is 24.3 Å². The van der Waals surface area contributed by atoms with E-state index in [1.807, 2.05) is 7.05 Å². The van der Waals surface area contributed by atoms with Crippen molar-refractivity contribution in [2.75, 3.05) is 25.7 Å². The molecule has 0 atom stereocenters. The topological polar surface area (TPSA) is 15.3 Å². The summed E-state index contributed by atoms with van der Waals surface area (Å²) >= 11 is 0. The van der Waals surface area contributed by atoms with Crippen molar-refractivity contribution in [3.63, 3.8) is 0 Å². The molecular formula is C15H24N2. The zero-order valence-corrected chi connectivity index (χ0v) is 11.1. The standard InChI is InChI=1S/C15H24N2/c1-16-12-17(2)15-10-8-14(9-11-15)13-6-4-3-5-7-13/h8-11,13,16H,3-7,12H2,1-2H3. The van der Waals surface area contributed by atoms with E-state index in [0.717, 1.165) is 12.6 Å². The Balaban J connectivity index is 2.01. The van der Waals surface area contributed by atoms with Crippen LogP contribution in [0.3, 0.4) is 0 Å². The number of benzene rings is 1. The first-order chi connectivity index (χ1) is 8.31. The summed E-state index contributed by atoms with van der Waals surface area (Å²) in [5, 5.41) is 3.17. The molecule has 1 aromatic rings. The molecular weight excluding hydrogens is 208 g/mol. The van der Waals surface area contributed by atoms with Crippen LogP contribution in [0.4, 0.5) is 5.69 Å². The van der Waals surface area contributed by atoms with Gasteiger partial charge in [0, 0.05) is 12.7 Å². The maximum Gasteiger partial charge on any atom is 0.0676 e. The van der Waals surface area contributed by atoms with Crippen LogP contribution in [0.2, 0.25) is 0 Å². The smallest absolute Gasteiger partial charge is 0.0676 e. The zero-order valence-electron chi connectivity index (χ0n) is 11.1. The minimum absolute atomic E-state index is 0.812. The predicted octanol–water partition coefficient (Wildman–Crippen LogP) is 3.35. The first kappa shape index (κ1) is 12.4. The Labute approximate surface area is 105 Å². The first-order valence-corrected chi connectivity index (χ1v) is 6.77. The average Bonchev–Trinajstić information content (AvgIpc) is 2.40. The van der Waals surface area contributed by atoms with Gasteiger partial charge in [-0.3, -0.25) is 0 Å². The summed E-state index contributed by atoms with van der Waals surface area (Å²) in [6.07, 6.45) is 7.01. The van der Waals surface area contributed by atoms with E-state index in [4.69, 9.17) is 0 Å². The molecule has 1 fully saturated rings. The zero-order chi connectivity index (χ0) is 12.1. The number of hydrogen-bond acceptors (Lipinski definition) is 2. The molecule has 0 aromatic heterocycles. The van der Waals surface area contributed by atoms with Gasteiger partial charge in [0.25, 0.3) is 0 Å². The highest BCUT2D eigenvalue weighted by Crippen LogP contribution is 2.33. The molecule has 17 heavy (non-hydrogen) atoms. The molecule has 1 aliphatic carbocycles. The van der Waals surface area contributed by atoms with Gasteiger partial charge in [0.05, 0.1) is 6.67 Å². The van der Waals surface area contributed by atoms with Gasteiger partial charge < -0.3 is 10.2 Å². The van der Waals surface area contributed by atoms with Crippen LogP contribution in [0, 0.1) is 0 Å². The van der Waals surface area contributed by atoms with E-state index in [1.54, 1.807) is 0 Å². The Morgan fingerprint density at radius 2 is 1.76 bits per heavy atom. The van der Waals surface area contributed by atoms with Crippen molar-refractivity contribution in [3.8, 4) is 0 Å². The molecule has 1 aliphatic rings. The highest BCUT2D eigenvalue weighted by atomic mass is 15.2. The second-order valence-corrected chi connectivity index (χ2v) is 5.14. The Bertz CT molecular complexity index is 325. The van der Waals surface area contributed by atoms with Gasteiger partial charge in [-0.2, -0.15) is 0 Å². The lowest BCUT2D eigenvalue weighted by molar-refractivity contribution is 0.443. The number of hydrogen-bond donors (Lipinski definition) is 1. The number of nitrogens with zero attached hydrogens (tertiary/aromatic N) is 1. The monoisotopic (exact) mass is 232 g/mol. The highest BCUT2D eigenvalue weighted by molar-refractivity contribution is 5.47. The van der Waals surface area contributed by atoms with Gasteiger partial charge >= 0.3 is 0 Å². The van der Waals surface area contributed by atoms with Crippen molar-refractivity contribution in [2.24, 2.45) is 0 Å². The van der Waals surface area contributed by atoms with Crippen LogP contribution in [0.5, 0.6) is 0 Å². The second-order valence-electron chi connectivity index (χ2n) is 5.14. The fourth-order valence-electron chi connectivity index (χ4n) is 2.77. The van der Waals surface area contributed by atoms with Gasteiger partial charge in [-0.15, -0.1) is 0 Å². The Kier molecular flexibility index (Phi) is 4.43. The normalized spacial score (nSPS) is 17.1. The largest absolute Gasteiger partial charge is 0.362 e. The van der Waals surface area contributed by atoms with E-state index in [2.05, 4.69) is 41.5 Å². The number of anilines is 1. The highest BCUT2D eigenvalue weighted by Gasteiger charge is 2.15. The third-order valence-electron chi connectivity index (χ3n) is 3.81. The van der Waals surface area contributed by atoms with Crippen LogP contribution < -0.4 is 10.2 Å². The van der Waals surface area contributed by atoms with Gasteiger partial charge in [-0.05, 0) is 43.5 Å². The van der Waals surface area contributed by atoms with E-state index in [1.165, 1.54) is 43.4 Å². The molecule has 2 nitrogen and oxygen atoms in total. The fraction of sp³-hybridized carbons (Fsp3) is 0.600. The average molecular weight is 232 g/mol. The van der Waals surface area contributed by atoms with Gasteiger partial charge in [-0.1, -0.05) is 31.4 Å². The predicted molar refractivity (Wildman–Crippen MR) is 74.6 cm³/mol. The van der Waals surface area contributed by atoms with E-state index < -0.39 is 0 Å². The molecule has 1 saturated carbocycles. The Morgan fingerprint density at radius 1 is 1.12 bits per heavy atom. The van der Waals surface area contributed by atoms with Gasteiger partial charge in [0.1, 0.15) is 0 Å². The molecule has 0 spiro atoms. The summed E-state index contributed by atoms with van der Waals surface area (Å²) in [6.45, 7) is 0.892. The minimum Gasteiger partial charge on any atom is -0.362 e. The molecule has 0 saturated heterocycles. The van der Waals surface area contributed by atoms with E-state index >= 15 is 0 Å². The van der Waals surface area contributed by atoms with Crippen molar-refractivity contribution in [3.05, 3.63) is 29.8 Å². The van der Waals surface area contributed by atoms with E-state index in [-0.39, 0.29) is 0 Å². The lowest BCUT2D eigenvalue weighted by Gasteiger charge is -2.23. The quantitative estimate of drug-likeness (QED) is 0.801. The third-order valence-corrected chi connectivity index (χ3v) is 3.81. The SMILES string of the molecule is CNCN(C)c1ccc(C2CCCCC2)cc1. The lowest BCUT2D eigenvalue weighted by atomic mass is 9.84. The fourth-order valence-corrected chi connectivity index (χ4v) is 2.77. The van der Waals surface area contributed by atoms with Gasteiger partial charge in [0.15, 0.2) is 0 Å². The maximum absolute atomic E-state index is 3.17. The van der Waals surface area contributed by atoms with Gasteiger partial charge in [0.2, 0.25) is 0 Å². The number of rotatable bonds is 4. The molecule has 0 heterocycles. The van der Waals surface area contributed by atoms with Crippen molar-refractivity contribution in [1.82, 2.24) is 5.32 Å². The molecule has 2 rings (SSSR count). The van der Waals surface area contributed by atoms with E-state index in [9.17, 15) is 0 Å². The van der Waals surface area contributed by atoms with Crippen LogP contribution in [0.1, 0.15) is 43.6 Å².